The van der Waals surface area contributed by atoms with Crippen molar-refractivity contribution < 1.29 is 13.9 Å². The molecule has 0 unspecified atom stereocenters. The van der Waals surface area contributed by atoms with Crippen LogP contribution in [0.5, 0.6) is 5.75 Å². The maximum Gasteiger partial charge on any atom is 0.256 e. The molecule has 2 aromatic carbocycles. The zero-order chi connectivity index (χ0) is 15.5. The van der Waals surface area contributed by atoms with Gasteiger partial charge in [-0.05, 0) is 36.2 Å². The highest BCUT2D eigenvalue weighted by Crippen LogP contribution is 2.29. The fourth-order valence-electron chi connectivity index (χ4n) is 2.90. The number of methoxy groups -OCH3 is 1. The number of hydrogen-bond donors (Lipinski definition) is 0. The molecular weight excluding hydrogens is 281 g/mol. The number of ether oxygens (including phenoxy) is 1. The number of benzene rings is 2. The van der Waals surface area contributed by atoms with Gasteiger partial charge >= 0.3 is 0 Å². The van der Waals surface area contributed by atoms with Gasteiger partial charge in [0.15, 0.2) is 0 Å². The molecule has 22 heavy (non-hydrogen) atoms. The van der Waals surface area contributed by atoms with Crippen LogP contribution in [0.25, 0.3) is 0 Å². The summed E-state index contributed by atoms with van der Waals surface area (Å²) >= 11 is 0. The van der Waals surface area contributed by atoms with Crippen molar-refractivity contribution in [2.75, 3.05) is 20.2 Å². The molecule has 3 rings (SSSR count). The molecule has 1 aliphatic heterocycles. The molecule has 0 aromatic heterocycles. The molecule has 1 fully saturated rings. The Labute approximate surface area is 129 Å². The van der Waals surface area contributed by atoms with E-state index in [1.54, 1.807) is 30.2 Å². The van der Waals surface area contributed by atoms with Gasteiger partial charge in [-0.3, -0.25) is 4.79 Å². The average molecular weight is 299 g/mol. The number of rotatable bonds is 3. The van der Waals surface area contributed by atoms with Crippen molar-refractivity contribution in [2.45, 2.75) is 12.3 Å². The zero-order valence-electron chi connectivity index (χ0n) is 12.5. The summed E-state index contributed by atoms with van der Waals surface area (Å²) in [5.74, 6) is 0.428. The second kappa shape index (κ2) is 6.18. The van der Waals surface area contributed by atoms with Gasteiger partial charge in [-0.1, -0.05) is 24.3 Å². The third-order valence-corrected chi connectivity index (χ3v) is 4.17. The summed E-state index contributed by atoms with van der Waals surface area (Å²) < 4.78 is 18.9. The lowest BCUT2D eigenvalue weighted by Crippen LogP contribution is -2.29. The summed E-state index contributed by atoms with van der Waals surface area (Å²) in [4.78, 5) is 14.1. The average Bonchev–Trinajstić information content (AvgIpc) is 3.05. The van der Waals surface area contributed by atoms with Gasteiger partial charge in [-0.25, -0.2) is 4.39 Å². The van der Waals surface area contributed by atoms with Gasteiger partial charge in [0.25, 0.3) is 5.91 Å². The van der Waals surface area contributed by atoms with Crippen molar-refractivity contribution in [2.24, 2.45) is 0 Å². The number of nitrogens with zero attached hydrogens (tertiary/aromatic N) is 1. The minimum Gasteiger partial charge on any atom is -0.497 e. The molecule has 1 heterocycles. The molecule has 3 nitrogen and oxygen atoms in total. The Balaban J connectivity index is 1.71. The quantitative estimate of drug-likeness (QED) is 0.868. The van der Waals surface area contributed by atoms with Crippen LogP contribution >= 0.6 is 0 Å². The minimum absolute atomic E-state index is 0.151. The Kier molecular flexibility index (Phi) is 4.09. The maximum atomic E-state index is 13.7. The number of carbonyl (C=O) groups is 1. The first kappa shape index (κ1) is 14.6. The fourth-order valence-corrected chi connectivity index (χ4v) is 2.90. The Hall–Kier alpha value is -2.36. The van der Waals surface area contributed by atoms with Crippen molar-refractivity contribution in [3.8, 4) is 5.75 Å². The standard InChI is InChI=1S/C18H18FNO2/c1-22-15-8-6-13(7-9-15)14-10-11-20(12-14)18(21)16-4-2-3-5-17(16)19/h2-9,14H,10-12H2,1H3/t14-/m1/s1. The Morgan fingerprint density at radius 3 is 2.59 bits per heavy atom. The van der Waals surface area contributed by atoms with Crippen LogP contribution in [0, 0.1) is 5.82 Å². The summed E-state index contributed by atoms with van der Waals surface area (Å²) in [5.41, 5.74) is 1.34. The molecule has 0 radical (unpaired) electrons. The van der Waals surface area contributed by atoms with Crippen LogP contribution in [-0.2, 0) is 0 Å². The van der Waals surface area contributed by atoms with E-state index in [0.717, 1.165) is 12.2 Å². The smallest absolute Gasteiger partial charge is 0.256 e. The van der Waals surface area contributed by atoms with Gasteiger partial charge in [-0.2, -0.15) is 0 Å². The van der Waals surface area contributed by atoms with Crippen molar-refractivity contribution in [3.05, 3.63) is 65.5 Å². The fraction of sp³-hybridized carbons (Fsp3) is 0.278. The summed E-state index contributed by atoms with van der Waals surface area (Å²) in [5, 5.41) is 0. The predicted molar refractivity (Wildman–Crippen MR) is 82.7 cm³/mol. The van der Waals surface area contributed by atoms with E-state index in [1.165, 1.54) is 11.6 Å². The SMILES string of the molecule is COc1ccc([C@@H]2CCN(C(=O)c3ccccc3F)C2)cc1. The van der Waals surface area contributed by atoms with Gasteiger partial charge in [0.1, 0.15) is 11.6 Å². The molecule has 2 aromatic rings. The Bertz CT molecular complexity index is 669. The van der Waals surface area contributed by atoms with E-state index >= 15 is 0 Å². The second-order valence-corrected chi connectivity index (χ2v) is 5.49. The minimum atomic E-state index is -0.458. The first-order valence-corrected chi connectivity index (χ1v) is 7.37. The highest BCUT2D eigenvalue weighted by molar-refractivity contribution is 5.94. The van der Waals surface area contributed by atoms with Gasteiger partial charge in [-0.15, -0.1) is 0 Å². The van der Waals surface area contributed by atoms with Crippen molar-refractivity contribution in [1.82, 2.24) is 4.90 Å². The first-order valence-electron chi connectivity index (χ1n) is 7.37. The van der Waals surface area contributed by atoms with Gasteiger partial charge in [0, 0.05) is 19.0 Å². The summed E-state index contributed by atoms with van der Waals surface area (Å²) in [6.07, 6.45) is 0.895. The van der Waals surface area contributed by atoms with Gasteiger partial charge in [0.2, 0.25) is 0 Å². The van der Waals surface area contributed by atoms with E-state index in [2.05, 4.69) is 0 Å². The molecule has 1 aliphatic rings. The molecule has 0 saturated carbocycles. The summed E-state index contributed by atoms with van der Waals surface area (Å²) in [6, 6.07) is 14.1. The van der Waals surface area contributed by atoms with E-state index in [9.17, 15) is 9.18 Å². The third kappa shape index (κ3) is 2.82. The number of halogens is 1. The highest BCUT2D eigenvalue weighted by atomic mass is 19.1. The maximum absolute atomic E-state index is 13.7. The molecule has 0 N–H and O–H groups in total. The Morgan fingerprint density at radius 2 is 1.91 bits per heavy atom. The van der Waals surface area contributed by atoms with Crippen LogP contribution in [0.3, 0.4) is 0 Å². The number of amides is 1. The van der Waals surface area contributed by atoms with E-state index in [-0.39, 0.29) is 11.5 Å². The van der Waals surface area contributed by atoms with Crippen molar-refractivity contribution >= 4 is 5.91 Å². The topological polar surface area (TPSA) is 29.5 Å². The molecule has 114 valence electrons. The van der Waals surface area contributed by atoms with Gasteiger partial charge in [0.05, 0.1) is 12.7 Å². The molecule has 1 saturated heterocycles. The third-order valence-electron chi connectivity index (χ3n) is 4.17. The van der Waals surface area contributed by atoms with Crippen LogP contribution in [0.15, 0.2) is 48.5 Å². The van der Waals surface area contributed by atoms with E-state index in [4.69, 9.17) is 4.74 Å². The molecular formula is C18H18FNO2. The second-order valence-electron chi connectivity index (χ2n) is 5.49. The van der Waals surface area contributed by atoms with Crippen LogP contribution in [-0.4, -0.2) is 31.0 Å². The number of hydrogen-bond acceptors (Lipinski definition) is 2. The zero-order valence-corrected chi connectivity index (χ0v) is 12.5. The van der Waals surface area contributed by atoms with Crippen LogP contribution < -0.4 is 4.74 Å². The predicted octanol–water partition coefficient (Wildman–Crippen LogP) is 3.46. The lowest BCUT2D eigenvalue weighted by molar-refractivity contribution is 0.0786. The van der Waals surface area contributed by atoms with Crippen LogP contribution in [0.1, 0.15) is 28.3 Å². The van der Waals surface area contributed by atoms with Crippen LogP contribution in [0.2, 0.25) is 0 Å². The van der Waals surface area contributed by atoms with E-state index in [1.807, 2.05) is 24.3 Å². The largest absolute Gasteiger partial charge is 0.497 e. The monoisotopic (exact) mass is 299 g/mol. The molecule has 0 aliphatic carbocycles. The van der Waals surface area contributed by atoms with E-state index in [0.29, 0.717) is 19.0 Å². The number of carbonyl (C=O) groups excluding carboxylic acids is 1. The van der Waals surface area contributed by atoms with Crippen LogP contribution in [0.4, 0.5) is 4.39 Å². The number of likely N-dealkylation sites (tertiary alicyclic amines) is 1. The molecule has 0 spiro atoms. The van der Waals surface area contributed by atoms with Crippen molar-refractivity contribution in [1.29, 1.82) is 0 Å². The van der Waals surface area contributed by atoms with Crippen molar-refractivity contribution in [3.63, 3.8) is 0 Å². The molecule has 4 heteroatoms. The van der Waals surface area contributed by atoms with Gasteiger partial charge < -0.3 is 9.64 Å². The summed E-state index contributed by atoms with van der Waals surface area (Å²) in [7, 11) is 1.64. The Morgan fingerprint density at radius 1 is 1.18 bits per heavy atom. The molecule has 1 atom stereocenters. The lowest BCUT2D eigenvalue weighted by atomic mass is 9.98. The highest BCUT2D eigenvalue weighted by Gasteiger charge is 2.29. The molecule has 1 amide bonds. The normalized spacial score (nSPS) is 17.5. The lowest BCUT2D eigenvalue weighted by Gasteiger charge is -2.17. The van der Waals surface area contributed by atoms with E-state index < -0.39 is 5.82 Å². The summed E-state index contributed by atoms with van der Waals surface area (Å²) in [6.45, 7) is 1.28. The molecule has 0 bridgehead atoms. The first-order chi connectivity index (χ1) is 10.7.